The first-order chi connectivity index (χ1) is 13.9. The van der Waals surface area contributed by atoms with Gasteiger partial charge in [0.15, 0.2) is 22.3 Å². The van der Waals surface area contributed by atoms with Crippen LogP contribution in [0.3, 0.4) is 0 Å². The summed E-state index contributed by atoms with van der Waals surface area (Å²) in [7, 11) is 0. The van der Waals surface area contributed by atoms with Crippen LogP contribution in [0.15, 0.2) is 52.3 Å². The lowest BCUT2D eigenvalue weighted by Crippen LogP contribution is -2.33. The monoisotopic (exact) mass is 449 g/mol. The maximum atomic E-state index is 13.6. The van der Waals surface area contributed by atoms with Crippen molar-refractivity contribution in [1.29, 1.82) is 0 Å². The summed E-state index contributed by atoms with van der Waals surface area (Å²) in [4.78, 5) is 16.8. The second-order valence-electron chi connectivity index (χ2n) is 5.83. The van der Waals surface area contributed by atoms with Crippen LogP contribution < -0.4 is 10.6 Å². The Kier molecular flexibility index (Phi) is 5.27. The van der Waals surface area contributed by atoms with Gasteiger partial charge in [-0.2, -0.15) is 0 Å². The van der Waals surface area contributed by atoms with Crippen LogP contribution in [0, 0.1) is 11.6 Å². The molecule has 0 bridgehead atoms. The number of benzene rings is 2. The number of nitrogens with one attached hydrogen (secondary N) is 2. The Morgan fingerprint density at radius 1 is 1.17 bits per heavy atom. The van der Waals surface area contributed by atoms with Crippen molar-refractivity contribution >= 4 is 63.0 Å². The number of hydrogen-bond acceptors (Lipinski definition) is 5. The van der Waals surface area contributed by atoms with Crippen molar-refractivity contribution in [3.63, 3.8) is 0 Å². The Labute approximate surface area is 177 Å². The first-order valence-electron chi connectivity index (χ1n) is 8.12. The van der Waals surface area contributed by atoms with Crippen molar-refractivity contribution in [3.05, 3.63) is 69.4 Å². The minimum atomic E-state index is -1.06. The van der Waals surface area contributed by atoms with Gasteiger partial charge in [-0.1, -0.05) is 17.7 Å². The number of rotatable bonds is 3. The van der Waals surface area contributed by atoms with E-state index >= 15 is 0 Å². The number of carbonyl (C=O) groups excluding carboxylic acids is 1. The van der Waals surface area contributed by atoms with Crippen molar-refractivity contribution in [2.75, 3.05) is 5.32 Å². The van der Waals surface area contributed by atoms with Crippen molar-refractivity contribution in [3.8, 4) is 11.5 Å². The van der Waals surface area contributed by atoms with Crippen LogP contribution in [0.25, 0.3) is 22.6 Å². The number of thiophene rings is 1. The molecule has 0 spiro atoms. The zero-order valence-electron chi connectivity index (χ0n) is 14.3. The second kappa shape index (κ2) is 7.86. The van der Waals surface area contributed by atoms with Gasteiger partial charge in [-0.3, -0.25) is 10.1 Å². The summed E-state index contributed by atoms with van der Waals surface area (Å²) in [5.41, 5.74) is 1.55. The molecule has 4 rings (SSSR count). The summed E-state index contributed by atoms with van der Waals surface area (Å²) >= 11 is 12.4. The largest absolute Gasteiger partial charge is 0.436 e. The molecule has 146 valence electrons. The van der Waals surface area contributed by atoms with Crippen LogP contribution in [0.4, 0.5) is 14.5 Å². The fourth-order valence-corrected chi connectivity index (χ4v) is 3.60. The van der Waals surface area contributed by atoms with E-state index in [1.54, 1.807) is 35.7 Å². The van der Waals surface area contributed by atoms with Crippen molar-refractivity contribution in [2.45, 2.75) is 0 Å². The number of amides is 1. The first-order valence-corrected chi connectivity index (χ1v) is 9.78. The van der Waals surface area contributed by atoms with Crippen LogP contribution >= 0.6 is 35.2 Å². The van der Waals surface area contributed by atoms with E-state index in [-0.39, 0.29) is 27.5 Å². The SMILES string of the molecule is O=C(NC(=S)Nc1ccc2oc(-c3cc(F)c(F)cc3Cl)nc2c1)c1cccs1. The van der Waals surface area contributed by atoms with Crippen LogP contribution in [0.2, 0.25) is 5.02 Å². The van der Waals surface area contributed by atoms with Crippen molar-refractivity contribution < 1.29 is 18.0 Å². The zero-order chi connectivity index (χ0) is 20.5. The van der Waals surface area contributed by atoms with Gasteiger partial charge in [0.05, 0.1) is 15.5 Å². The number of thiocarbonyl (C=S) groups is 1. The van der Waals surface area contributed by atoms with E-state index in [0.29, 0.717) is 21.7 Å². The highest BCUT2D eigenvalue weighted by atomic mass is 35.5. The van der Waals surface area contributed by atoms with Crippen molar-refractivity contribution in [1.82, 2.24) is 10.3 Å². The van der Waals surface area contributed by atoms with E-state index in [9.17, 15) is 13.6 Å². The number of halogens is 3. The quantitative estimate of drug-likeness (QED) is 0.314. The third kappa shape index (κ3) is 4.12. The van der Waals surface area contributed by atoms with E-state index < -0.39 is 11.6 Å². The Morgan fingerprint density at radius 3 is 2.72 bits per heavy atom. The zero-order valence-corrected chi connectivity index (χ0v) is 16.7. The first kappa shape index (κ1) is 19.4. The van der Waals surface area contributed by atoms with Gasteiger partial charge in [0, 0.05) is 5.69 Å². The molecular weight excluding hydrogens is 440 g/mol. The van der Waals surface area contributed by atoms with Crippen LogP contribution in [0.5, 0.6) is 0 Å². The molecule has 0 saturated carbocycles. The molecule has 2 heterocycles. The molecule has 0 radical (unpaired) electrons. The van der Waals surface area contributed by atoms with Crippen LogP contribution in [0.1, 0.15) is 9.67 Å². The molecule has 29 heavy (non-hydrogen) atoms. The van der Waals surface area contributed by atoms with Gasteiger partial charge in [-0.25, -0.2) is 13.8 Å². The molecule has 5 nitrogen and oxygen atoms in total. The van der Waals surface area contributed by atoms with E-state index in [1.807, 2.05) is 0 Å². The molecule has 0 saturated heterocycles. The highest BCUT2D eigenvalue weighted by molar-refractivity contribution is 7.80. The summed E-state index contributed by atoms with van der Waals surface area (Å²) in [5.74, 6) is -2.37. The molecule has 2 aromatic heterocycles. The van der Waals surface area contributed by atoms with Gasteiger partial charge in [0.25, 0.3) is 5.91 Å². The fourth-order valence-electron chi connectivity index (χ4n) is 2.54. The summed E-state index contributed by atoms with van der Waals surface area (Å²) < 4.78 is 32.4. The number of anilines is 1. The standard InChI is InChI=1S/C19H10ClF2N3O2S2/c20-11-8-13(22)12(21)7-10(11)18-24-14-6-9(3-4-15(14)27-18)23-19(28)25-17(26)16-2-1-5-29-16/h1-8H,(H2,23,25,26,28). The Hall–Kier alpha value is -2.88. The Bertz CT molecular complexity index is 1240. The fraction of sp³-hybridized carbons (Fsp3) is 0. The van der Waals surface area contributed by atoms with E-state index in [2.05, 4.69) is 15.6 Å². The number of oxazole rings is 1. The maximum Gasteiger partial charge on any atom is 0.267 e. The van der Waals surface area contributed by atoms with Gasteiger partial charge in [0.2, 0.25) is 5.89 Å². The van der Waals surface area contributed by atoms with Gasteiger partial charge in [-0.15, -0.1) is 11.3 Å². The highest BCUT2D eigenvalue weighted by Gasteiger charge is 2.16. The minimum absolute atomic E-state index is 0.0220. The summed E-state index contributed by atoms with van der Waals surface area (Å²) in [6, 6.07) is 10.2. The van der Waals surface area contributed by atoms with Gasteiger partial charge < -0.3 is 9.73 Å². The molecule has 0 aliphatic heterocycles. The van der Waals surface area contributed by atoms with Crippen LogP contribution in [-0.4, -0.2) is 16.0 Å². The lowest BCUT2D eigenvalue weighted by Gasteiger charge is -2.08. The molecule has 10 heteroatoms. The van der Waals surface area contributed by atoms with Gasteiger partial charge >= 0.3 is 0 Å². The summed E-state index contributed by atoms with van der Waals surface area (Å²) in [5, 5.41) is 7.36. The molecule has 2 N–H and O–H groups in total. The molecular formula is C19H10ClF2N3O2S2. The number of hydrogen-bond donors (Lipinski definition) is 2. The lowest BCUT2D eigenvalue weighted by atomic mass is 10.2. The van der Waals surface area contributed by atoms with E-state index in [1.165, 1.54) is 11.3 Å². The number of fused-ring (bicyclic) bond motifs is 1. The summed E-state index contributed by atoms with van der Waals surface area (Å²) in [6.07, 6.45) is 0. The third-order valence-corrected chi connectivity index (χ3v) is 5.24. The smallest absolute Gasteiger partial charge is 0.267 e. The summed E-state index contributed by atoms with van der Waals surface area (Å²) in [6.45, 7) is 0. The minimum Gasteiger partial charge on any atom is -0.436 e. The number of carbonyl (C=O) groups is 1. The van der Waals surface area contributed by atoms with E-state index in [4.69, 9.17) is 28.2 Å². The highest BCUT2D eigenvalue weighted by Crippen LogP contribution is 2.32. The molecule has 0 aliphatic rings. The number of aromatic nitrogens is 1. The van der Waals surface area contributed by atoms with Crippen molar-refractivity contribution in [2.24, 2.45) is 0 Å². The average molecular weight is 450 g/mol. The molecule has 0 aliphatic carbocycles. The third-order valence-electron chi connectivity index (χ3n) is 3.86. The number of nitrogens with zero attached hydrogens (tertiary/aromatic N) is 1. The predicted molar refractivity (Wildman–Crippen MR) is 112 cm³/mol. The molecule has 4 aromatic rings. The molecule has 0 fully saturated rings. The molecule has 2 aromatic carbocycles. The molecule has 0 atom stereocenters. The second-order valence-corrected chi connectivity index (χ2v) is 7.60. The predicted octanol–water partition coefficient (Wildman–Crippen LogP) is 5.61. The van der Waals surface area contributed by atoms with E-state index in [0.717, 1.165) is 12.1 Å². The Balaban J connectivity index is 1.55. The Morgan fingerprint density at radius 2 is 1.97 bits per heavy atom. The molecule has 0 unspecified atom stereocenters. The average Bonchev–Trinajstić information content (AvgIpc) is 3.34. The normalized spacial score (nSPS) is 10.9. The molecule has 1 amide bonds. The topological polar surface area (TPSA) is 67.2 Å². The van der Waals surface area contributed by atoms with Gasteiger partial charge in [0.1, 0.15) is 5.52 Å². The maximum absolute atomic E-state index is 13.6. The van der Waals surface area contributed by atoms with Gasteiger partial charge in [-0.05, 0) is 54.0 Å². The lowest BCUT2D eigenvalue weighted by molar-refractivity contribution is 0.0981. The van der Waals surface area contributed by atoms with Crippen LogP contribution in [-0.2, 0) is 0 Å².